The highest BCUT2D eigenvalue weighted by Gasteiger charge is 2.04. The van der Waals surface area contributed by atoms with Crippen LogP contribution in [0.15, 0.2) is 61.1 Å². The van der Waals surface area contributed by atoms with Crippen LogP contribution in [-0.2, 0) is 6.61 Å². The van der Waals surface area contributed by atoms with Gasteiger partial charge >= 0.3 is 0 Å². The van der Waals surface area contributed by atoms with Gasteiger partial charge in [-0.1, -0.05) is 30.3 Å². The molecule has 22 heavy (non-hydrogen) atoms. The first-order valence-corrected chi connectivity index (χ1v) is 6.84. The molecule has 5 heteroatoms. The quantitative estimate of drug-likeness (QED) is 0.723. The molecule has 2 heterocycles. The normalized spacial score (nSPS) is 10.2. The van der Waals surface area contributed by atoms with E-state index in [1.165, 1.54) is 6.33 Å². The zero-order valence-electron chi connectivity index (χ0n) is 12.1. The van der Waals surface area contributed by atoms with Gasteiger partial charge in [-0.2, -0.15) is 0 Å². The number of rotatable bonds is 5. The van der Waals surface area contributed by atoms with Gasteiger partial charge in [0.05, 0.1) is 12.8 Å². The topological polar surface area (TPSA) is 57.1 Å². The van der Waals surface area contributed by atoms with E-state index in [1.807, 2.05) is 42.5 Å². The lowest BCUT2D eigenvalue weighted by Crippen LogP contribution is -1.97. The monoisotopic (exact) mass is 293 g/mol. The van der Waals surface area contributed by atoms with Crippen molar-refractivity contribution in [1.29, 1.82) is 0 Å². The van der Waals surface area contributed by atoms with Crippen LogP contribution in [0.4, 0.5) is 0 Å². The first-order valence-electron chi connectivity index (χ1n) is 6.84. The summed E-state index contributed by atoms with van der Waals surface area (Å²) in [4.78, 5) is 12.5. The van der Waals surface area contributed by atoms with Gasteiger partial charge in [0.1, 0.15) is 12.9 Å². The number of benzene rings is 1. The van der Waals surface area contributed by atoms with Crippen molar-refractivity contribution >= 4 is 0 Å². The third kappa shape index (κ3) is 3.38. The molecular formula is C17H15N3O2. The minimum atomic E-state index is 0.495. The summed E-state index contributed by atoms with van der Waals surface area (Å²) in [6.45, 7) is 0.495. The SMILES string of the molecule is COc1cc(-c2ccc(OCc3ccccc3)nc2)ncn1. The average molecular weight is 293 g/mol. The van der Waals surface area contributed by atoms with Gasteiger partial charge in [-0.15, -0.1) is 0 Å². The molecule has 3 rings (SSSR count). The third-order valence-corrected chi connectivity index (χ3v) is 3.11. The van der Waals surface area contributed by atoms with Crippen molar-refractivity contribution in [3.63, 3.8) is 0 Å². The summed E-state index contributed by atoms with van der Waals surface area (Å²) in [5.41, 5.74) is 2.75. The molecule has 0 unspecified atom stereocenters. The Labute approximate surface area is 128 Å². The van der Waals surface area contributed by atoms with Gasteiger partial charge in [-0.3, -0.25) is 0 Å². The lowest BCUT2D eigenvalue weighted by Gasteiger charge is -2.06. The summed E-state index contributed by atoms with van der Waals surface area (Å²) < 4.78 is 10.8. The summed E-state index contributed by atoms with van der Waals surface area (Å²) in [7, 11) is 1.57. The molecule has 0 saturated carbocycles. The van der Waals surface area contributed by atoms with Crippen LogP contribution in [-0.4, -0.2) is 22.1 Å². The molecule has 0 amide bonds. The van der Waals surface area contributed by atoms with Gasteiger partial charge in [0.2, 0.25) is 11.8 Å². The molecule has 0 spiro atoms. The van der Waals surface area contributed by atoms with Crippen LogP contribution in [0.25, 0.3) is 11.3 Å². The van der Waals surface area contributed by atoms with Crippen LogP contribution >= 0.6 is 0 Å². The van der Waals surface area contributed by atoms with E-state index in [9.17, 15) is 0 Å². The fourth-order valence-corrected chi connectivity index (χ4v) is 1.96. The molecule has 0 saturated heterocycles. The first kappa shape index (κ1) is 14.0. The smallest absolute Gasteiger partial charge is 0.216 e. The standard InChI is InChI=1S/C17H15N3O2/c1-21-17-9-15(19-12-20-17)14-7-8-16(18-10-14)22-11-13-5-3-2-4-6-13/h2-10,12H,11H2,1H3. The Balaban J connectivity index is 1.69. The van der Waals surface area contributed by atoms with E-state index in [1.54, 1.807) is 19.4 Å². The highest BCUT2D eigenvalue weighted by Crippen LogP contribution is 2.20. The van der Waals surface area contributed by atoms with Crippen LogP contribution < -0.4 is 9.47 Å². The second kappa shape index (κ2) is 6.67. The van der Waals surface area contributed by atoms with E-state index in [-0.39, 0.29) is 0 Å². The van der Waals surface area contributed by atoms with Crippen molar-refractivity contribution in [2.75, 3.05) is 7.11 Å². The molecule has 0 radical (unpaired) electrons. The van der Waals surface area contributed by atoms with Crippen LogP contribution in [0.1, 0.15) is 5.56 Å². The molecule has 0 aliphatic carbocycles. The third-order valence-electron chi connectivity index (χ3n) is 3.11. The van der Waals surface area contributed by atoms with Crippen molar-refractivity contribution in [3.05, 3.63) is 66.6 Å². The van der Waals surface area contributed by atoms with Gasteiger partial charge in [0.15, 0.2) is 0 Å². The molecule has 2 aromatic heterocycles. The largest absolute Gasteiger partial charge is 0.481 e. The predicted octanol–water partition coefficient (Wildman–Crippen LogP) is 3.13. The number of ether oxygens (including phenoxy) is 2. The van der Waals surface area contributed by atoms with Crippen molar-refractivity contribution in [1.82, 2.24) is 15.0 Å². The van der Waals surface area contributed by atoms with Crippen molar-refractivity contribution in [2.45, 2.75) is 6.61 Å². The number of pyridine rings is 1. The van der Waals surface area contributed by atoms with Crippen LogP contribution in [0.3, 0.4) is 0 Å². The molecule has 1 aromatic carbocycles. The molecule has 0 bridgehead atoms. The maximum Gasteiger partial charge on any atom is 0.216 e. The fourth-order valence-electron chi connectivity index (χ4n) is 1.96. The zero-order valence-corrected chi connectivity index (χ0v) is 12.1. The molecule has 3 aromatic rings. The second-order valence-corrected chi connectivity index (χ2v) is 4.60. The Morgan fingerprint density at radius 2 is 1.77 bits per heavy atom. The second-order valence-electron chi connectivity index (χ2n) is 4.60. The summed E-state index contributed by atoms with van der Waals surface area (Å²) >= 11 is 0. The van der Waals surface area contributed by atoms with E-state index in [2.05, 4.69) is 15.0 Å². The van der Waals surface area contributed by atoms with Crippen molar-refractivity contribution in [2.24, 2.45) is 0 Å². The molecule has 0 N–H and O–H groups in total. The van der Waals surface area contributed by atoms with Crippen LogP contribution in [0, 0.1) is 0 Å². The number of hydrogen-bond donors (Lipinski definition) is 0. The Hall–Kier alpha value is -2.95. The van der Waals surface area contributed by atoms with E-state index in [0.717, 1.165) is 16.8 Å². The average Bonchev–Trinajstić information content (AvgIpc) is 2.61. The van der Waals surface area contributed by atoms with Gasteiger partial charge in [-0.05, 0) is 11.6 Å². The Morgan fingerprint density at radius 3 is 2.50 bits per heavy atom. The summed E-state index contributed by atoms with van der Waals surface area (Å²) in [6.07, 6.45) is 3.19. The fraction of sp³-hybridized carbons (Fsp3) is 0.118. The van der Waals surface area contributed by atoms with Gasteiger partial charge in [0.25, 0.3) is 0 Å². The summed E-state index contributed by atoms with van der Waals surface area (Å²) in [5, 5.41) is 0. The number of hydrogen-bond acceptors (Lipinski definition) is 5. The van der Waals surface area contributed by atoms with E-state index < -0.39 is 0 Å². The molecule has 0 fully saturated rings. The molecule has 0 atom stereocenters. The molecule has 110 valence electrons. The molecular weight excluding hydrogens is 278 g/mol. The van der Waals surface area contributed by atoms with Crippen molar-refractivity contribution in [3.8, 4) is 23.0 Å². The first-order chi connectivity index (χ1) is 10.8. The number of methoxy groups -OCH3 is 1. The van der Waals surface area contributed by atoms with E-state index in [0.29, 0.717) is 18.4 Å². The molecule has 5 nitrogen and oxygen atoms in total. The minimum absolute atomic E-state index is 0.495. The summed E-state index contributed by atoms with van der Waals surface area (Å²) in [5.74, 6) is 1.10. The lowest BCUT2D eigenvalue weighted by atomic mass is 10.2. The highest BCUT2D eigenvalue weighted by atomic mass is 16.5. The number of nitrogens with zero attached hydrogens (tertiary/aromatic N) is 3. The van der Waals surface area contributed by atoms with Gasteiger partial charge in [-0.25, -0.2) is 15.0 Å². The highest BCUT2D eigenvalue weighted by molar-refractivity contribution is 5.58. The van der Waals surface area contributed by atoms with Gasteiger partial charge in [0, 0.05) is 23.9 Å². The van der Waals surface area contributed by atoms with Crippen LogP contribution in [0.5, 0.6) is 11.8 Å². The van der Waals surface area contributed by atoms with Crippen molar-refractivity contribution < 1.29 is 9.47 Å². The molecule has 0 aliphatic rings. The number of aromatic nitrogens is 3. The predicted molar refractivity (Wildman–Crippen MR) is 82.6 cm³/mol. The molecule has 0 aliphatic heterocycles. The zero-order chi connectivity index (χ0) is 15.2. The Bertz CT molecular complexity index is 730. The lowest BCUT2D eigenvalue weighted by molar-refractivity contribution is 0.294. The maximum absolute atomic E-state index is 5.66. The van der Waals surface area contributed by atoms with Gasteiger partial charge < -0.3 is 9.47 Å². The maximum atomic E-state index is 5.66. The Morgan fingerprint density at radius 1 is 0.909 bits per heavy atom. The van der Waals surface area contributed by atoms with E-state index in [4.69, 9.17) is 9.47 Å². The summed E-state index contributed by atoms with van der Waals surface area (Å²) in [6, 6.07) is 15.5. The Kier molecular flexibility index (Phi) is 4.25. The van der Waals surface area contributed by atoms with E-state index >= 15 is 0 Å². The van der Waals surface area contributed by atoms with Crippen LogP contribution in [0.2, 0.25) is 0 Å². The minimum Gasteiger partial charge on any atom is -0.481 e.